The summed E-state index contributed by atoms with van der Waals surface area (Å²) in [6.07, 6.45) is 0. The lowest BCUT2D eigenvalue weighted by Gasteiger charge is -2.28. The van der Waals surface area contributed by atoms with Gasteiger partial charge in [0, 0.05) is 5.56 Å². The minimum Gasteiger partial charge on any atom is -0.486 e. The molecule has 0 aromatic heterocycles. The van der Waals surface area contributed by atoms with E-state index in [-0.39, 0.29) is 5.60 Å². The molecule has 2 heteroatoms. The summed E-state index contributed by atoms with van der Waals surface area (Å²) in [4.78, 5) is 0. The van der Waals surface area contributed by atoms with Crippen LogP contribution < -0.4 is 10.1 Å². The van der Waals surface area contributed by atoms with Crippen molar-refractivity contribution < 1.29 is 4.74 Å². The van der Waals surface area contributed by atoms with Gasteiger partial charge in [-0.05, 0) is 32.4 Å². The van der Waals surface area contributed by atoms with E-state index in [9.17, 15) is 0 Å². The minimum atomic E-state index is -0.154. The Labute approximate surface area is 98.0 Å². The van der Waals surface area contributed by atoms with Crippen molar-refractivity contribution in [2.75, 3.05) is 6.54 Å². The summed E-state index contributed by atoms with van der Waals surface area (Å²) in [5.74, 6) is 1.68. The van der Waals surface area contributed by atoms with Crippen molar-refractivity contribution in [2.45, 2.75) is 39.3 Å². The molecule has 2 nitrogen and oxygen atoms in total. The van der Waals surface area contributed by atoms with Gasteiger partial charge in [0.05, 0.1) is 6.04 Å². The quantitative estimate of drug-likeness (QED) is 0.843. The van der Waals surface area contributed by atoms with Crippen LogP contribution in [0.2, 0.25) is 0 Å². The summed E-state index contributed by atoms with van der Waals surface area (Å²) in [7, 11) is 0. The Morgan fingerprint density at radius 1 is 1.31 bits per heavy atom. The van der Waals surface area contributed by atoms with E-state index in [1.807, 2.05) is 12.1 Å². The summed E-state index contributed by atoms with van der Waals surface area (Å²) in [6, 6.07) is 8.61. The summed E-state index contributed by atoms with van der Waals surface area (Å²) in [6.45, 7) is 9.76. The van der Waals surface area contributed by atoms with Crippen molar-refractivity contribution in [3.8, 4) is 5.75 Å². The van der Waals surface area contributed by atoms with Crippen LogP contribution in [0.3, 0.4) is 0 Å². The average Bonchev–Trinajstić information content (AvgIpc) is 2.44. The molecule has 1 atom stereocenters. The van der Waals surface area contributed by atoms with Gasteiger partial charge >= 0.3 is 0 Å². The maximum atomic E-state index is 5.98. The molecular formula is C14H21NO. The molecule has 0 aliphatic carbocycles. The second-order valence-electron chi connectivity index (χ2n) is 5.48. The van der Waals surface area contributed by atoms with Crippen LogP contribution in [0.4, 0.5) is 0 Å². The van der Waals surface area contributed by atoms with Gasteiger partial charge in [-0.15, -0.1) is 0 Å². The highest BCUT2D eigenvalue weighted by atomic mass is 16.5. The van der Waals surface area contributed by atoms with Crippen LogP contribution in [0.1, 0.15) is 39.3 Å². The molecule has 1 N–H and O–H groups in total. The molecule has 0 spiro atoms. The highest BCUT2D eigenvalue weighted by Gasteiger charge is 2.40. The smallest absolute Gasteiger partial charge is 0.125 e. The first-order chi connectivity index (χ1) is 7.50. The topological polar surface area (TPSA) is 21.3 Å². The number of benzene rings is 1. The highest BCUT2D eigenvalue weighted by Crippen LogP contribution is 2.42. The number of nitrogens with one attached hydrogen (secondary N) is 1. The van der Waals surface area contributed by atoms with Crippen LogP contribution in [0, 0.1) is 5.92 Å². The molecule has 0 saturated heterocycles. The van der Waals surface area contributed by atoms with Gasteiger partial charge in [-0.1, -0.05) is 32.0 Å². The Bertz CT molecular complexity index is 371. The fourth-order valence-electron chi connectivity index (χ4n) is 2.24. The van der Waals surface area contributed by atoms with Crippen molar-refractivity contribution in [3.63, 3.8) is 0 Å². The molecule has 16 heavy (non-hydrogen) atoms. The Kier molecular flexibility index (Phi) is 2.94. The summed E-state index contributed by atoms with van der Waals surface area (Å²) in [5, 5.41) is 3.60. The van der Waals surface area contributed by atoms with Crippen LogP contribution in [-0.2, 0) is 0 Å². The van der Waals surface area contributed by atoms with Crippen molar-refractivity contribution in [3.05, 3.63) is 29.8 Å². The molecule has 88 valence electrons. The second-order valence-corrected chi connectivity index (χ2v) is 5.48. The van der Waals surface area contributed by atoms with Crippen LogP contribution >= 0.6 is 0 Å². The zero-order chi connectivity index (χ0) is 11.8. The van der Waals surface area contributed by atoms with E-state index in [4.69, 9.17) is 4.74 Å². The van der Waals surface area contributed by atoms with E-state index < -0.39 is 0 Å². The zero-order valence-electron chi connectivity index (χ0n) is 10.6. The van der Waals surface area contributed by atoms with E-state index in [0.29, 0.717) is 12.0 Å². The van der Waals surface area contributed by atoms with E-state index >= 15 is 0 Å². The molecular weight excluding hydrogens is 198 g/mol. The van der Waals surface area contributed by atoms with Crippen molar-refractivity contribution in [1.82, 2.24) is 5.32 Å². The maximum absolute atomic E-state index is 5.98. The monoisotopic (exact) mass is 219 g/mol. The van der Waals surface area contributed by atoms with E-state index in [0.717, 1.165) is 12.3 Å². The Morgan fingerprint density at radius 3 is 2.69 bits per heavy atom. The van der Waals surface area contributed by atoms with Gasteiger partial charge in [0.15, 0.2) is 0 Å². The second kappa shape index (κ2) is 4.10. The number of rotatable bonds is 3. The molecule has 0 saturated carbocycles. The first-order valence-electron chi connectivity index (χ1n) is 6.02. The number of hydrogen-bond acceptors (Lipinski definition) is 2. The third-order valence-electron chi connectivity index (χ3n) is 3.03. The number of fused-ring (bicyclic) bond motifs is 1. The summed E-state index contributed by atoms with van der Waals surface area (Å²) in [5.41, 5.74) is 1.13. The average molecular weight is 219 g/mol. The largest absolute Gasteiger partial charge is 0.486 e. The van der Waals surface area contributed by atoms with Gasteiger partial charge in [-0.25, -0.2) is 0 Å². The maximum Gasteiger partial charge on any atom is 0.125 e. The summed E-state index contributed by atoms with van der Waals surface area (Å²) < 4.78 is 5.98. The third-order valence-corrected chi connectivity index (χ3v) is 3.03. The number of para-hydroxylation sites is 1. The van der Waals surface area contributed by atoms with E-state index in [2.05, 4.69) is 45.1 Å². The van der Waals surface area contributed by atoms with Gasteiger partial charge in [0.1, 0.15) is 11.4 Å². The Balaban J connectivity index is 2.21. The minimum absolute atomic E-state index is 0.154. The molecule has 1 aliphatic heterocycles. The molecule has 0 bridgehead atoms. The van der Waals surface area contributed by atoms with Crippen molar-refractivity contribution >= 4 is 0 Å². The number of hydrogen-bond donors (Lipinski definition) is 1. The molecule has 1 aliphatic rings. The molecule has 2 rings (SSSR count). The van der Waals surface area contributed by atoms with Crippen LogP contribution in [0.25, 0.3) is 0 Å². The molecule has 1 unspecified atom stereocenters. The normalized spacial score (nSPS) is 21.9. The molecule has 1 aromatic rings. The van der Waals surface area contributed by atoms with Crippen LogP contribution in [-0.4, -0.2) is 12.1 Å². The van der Waals surface area contributed by atoms with Gasteiger partial charge < -0.3 is 10.1 Å². The third kappa shape index (κ3) is 2.07. The van der Waals surface area contributed by atoms with Gasteiger partial charge in [0.25, 0.3) is 0 Å². The first kappa shape index (κ1) is 11.5. The predicted molar refractivity (Wildman–Crippen MR) is 66.7 cm³/mol. The molecule has 1 heterocycles. The SMILES string of the molecule is CC(C)CNC1c2ccccc2OC1(C)C. The fourth-order valence-corrected chi connectivity index (χ4v) is 2.24. The van der Waals surface area contributed by atoms with Crippen LogP contribution in [0.15, 0.2) is 24.3 Å². The van der Waals surface area contributed by atoms with Crippen LogP contribution in [0.5, 0.6) is 5.75 Å². The van der Waals surface area contributed by atoms with Gasteiger partial charge in [-0.3, -0.25) is 0 Å². The zero-order valence-corrected chi connectivity index (χ0v) is 10.6. The summed E-state index contributed by atoms with van der Waals surface area (Å²) >= 11 is 0. The molecule has 0 amide bonds. The van der Waals surface area contributed by atoms with Crippen molar-refractivity contribution in [2.24, 2.45) is 5.92 Å². The molecule has 1 aromatic carbocycles. The Hall–Kier alpha value is -1.02. The number of ether oxygens (including phenoxy) is 1. The standard InChI is InChI=1S/C14H21NO/c1-10(2)9-15-13-11-7-5-6-8-12(11)16-14(13,3)4/h5-8,10,13,15H,9H2,1-4H3. The molecule has 0 fully saturated rings. The van der Waals surface area contributed by atoms with E-state index in [1.165, 1.54) is 5.56 Å². The van der Waals surface area contributed by atoms with Gasteiger partial charge in [-0.2, -0.15) is 0 Å². The van der Waals surface area contributed by atoms with Crippen molar-refractivity contribution in [1.29, 1.82) is 0 Å². The van der Waals surface area contributed by atoms with E-state index in [1.54, 1.807) is 0 Å². The predicted octanol–water partition coefficient (Wildman–Crippen LogP) is 3.14. The first-order valence-corrected chi connectivity index (χ1v) is 6.02. The lowest BCUT2D eigenvalue weighted by atomic mass is 9.94. The molecule has 0 radical (unpaired) electrons. The fraction of sp³-hybridized carbons (Fsp3) is 0.571. The van der Waals surface area contributed by atoms with Gasteiger partial charge in [0.2, 0.25) is 0 Å². The Morgan fingerprint density at radius 2 is 2.00 bits per heavy atom. The highest BCUT2D eigenvalue weighted by molar-refractivity contribution is 5.42. The lowest BCUT2D eigenvalue weighted by molar-refractivity contribution is 0.0952. The lowest BCUT2D eigenvalue weighted by Crippen LogP contribution is -2.40.